The van der Waals surface area contributed by atoms with E-state index in [1.165, 1.54) is 6.07 Å². The van der Waals surface area contributed by atoms with Crippen LogP contribution in [0.1, 0.15) is 37.4 Å². The van der Waals surface area contributed by atoms with Crippen LogP contribution in [0, 0.1) is 0 Å². The molecule has 0 aromatic heterocycles. The van der Waals surface area contributed by atoms with Crippen LogP contribution in [-0.4, -0.2) is 18.8 Å². The van der Waals surface area contributed by atoms with Crippen molar-refractivity contribution < 1.29 is 8.78 Å². The quantitative estimate of drug-likeness (QED) is 0.779. The lowest BCUT2D eigenvalue weighted by atomic mass is 10.0. The third-order valence-electron chi connectivity index (χ3n) is 3.02. The van der Waals surface area contributed by atoms with E-state index >= 15 is 0 Å². The maximum atomic E-state index is 13.1. The number of nitrogens with zero attached hydrogens (tertiary/aromatic N) is 1. The molecule has 0 amide bonds. The van der Waals surface area contributed by atoms with Gasteiger partial charge in [-0.15, -0.1) is 0 Å². The first kappa shape index (κ1) is 15.2. The molecule has 0 bridgehead atoms. The van der Waals surface area contributed by atoms with Crippen molar-refractivity contribution in [2.24, 2.45) is 5.73 Å². The number of benzene rings is 1. The highest BCUT2D eigenvalue weighted by atomic mass is 32.1. The van der Waals surface area contributed by atoms with Crippen molar-refractivity contribution in [2.75, 3.05) is 23.7 Å². The molecule has 102 valence electrons. The standard InChI is InChI=1S/C13H20F2N2S/c1-3-17(4-2)12-6-5-9(11(16)8-18)7-10(12)13(14)15/h5-7,11,13,18H,3-4,8,16H2,1-2H3. The van der Waals surface area contributed by atoms with E-state index in [1.807, 2.05) is 18.7 Å². The van der Waals surface area contributed by atoms with E-state index in [-0.39, 0.29) is 11.6 Å². The Morgan fingerprint density at radius 1 is 1.28 bits per heavy atom. The lowest BCUT2D eigenvalue weighted by Crippen LogP contribution is -2.23. The van der Waals surface area contributed by atoms with Crippen LogP contribution < -0.4 is 10.6 Å². The molecular weight excluding hydrogens is 254 g/mol. The Labute approximate surface area is 113 Å². The maximum Gasteiger partial charge on any atom is 0.265 e. The van der Waals surface area contributed by atoms with Gasteiger partial charge in [-0.05, 0) is 31.5 Å². The molecule has 1 unspecified atom stereocenters. The fourth-order valence-corrected chi connectivity index (χ4v) is 2.15. The highest BCUT2D eigenvalue weighted by Crippen LogP contribution is 2.32. The molecule has 2 nitrogen and oxygen atoms in total. The average Bonchev–Trinajstić information content (AvgIpc) is 2.39. The van der Waals surface area contributed by atoms with Crippen molar-refractivity contribution in [1.82, 2.24) is 0 Å². The van der Waals surface area contributed by atoms with E-state index in [4.69, 9.17) is 5.73 Å². The summed E-state index contributed by atoms with van der Waals surface area (Å²) in [5, 5.41) is 0. The highest BCUT2D eigenvalue weighted by Gasteiger charge is 2.18. The van der Waals surface area contributed by atoms with Crippen LogP contribution >= 0.6 is 12.6 Å². The first-order chi connectivity index (χ1) is 8.54. The van der Waals surface area contributed by atoms with Gasteiger partial charge in [0, 0.05) is 36.1 Å². The second kappa shape index (κ2) is 6.95. The molecule has 18 heavy (non-hydrogen) atoms. The smallest absolute Gasteiger partial charge is 0.265 e. The molecule has 0 aliphatic rings. The van der Waals surface area contributed by atoms with Crippen LogP contribution in [0.2, 0.25) is 0 Å². The van der Waals surface area contributed by atoms with Crippen LogP contribution in [0.3, 0.4) is 0 Å². The van der Waals surface area contributed by atoms with Gasteiger partial charge >= 0.3 is 0 Å². The summed E-state index contributed by atoms with van der Waals surface area (Å²) in [7, 11) is 0. The van der Waals surface area contributed by atoms with Gasteiger partial charge < -0.3 is 10.6 Å². The van der Waals surface area contributed by atoms with Crippen molar-refractivity contribution in [3.8, 4) is 0 Å². The minimum Gasteiger partial charge on any atom is -0.372 e. The molecule has 0 aliphatic carbocycles. The zero-order chi connectivity index (χ0) is 13.7. The van der Waals surface area contributed by atoms with Gasteiger partial charge in [-0.3, -0.25) is 0 Å². The summed E-state index contributed by atoms with van der Waals surface area (Å²) in [4.78, 5) is 1.91. The summed E-state index contributed by atoms with van der Waals surface area (Å²) in [6.45, 7) is 5.31. The van der Waals surface area contributed by atoms with Crippen LogP contribution in [0.4, 0.5) is 14.5 Å². The predicted octanol–water partition coefficient (Wildman–Crippen LogP) is 3.40. The van der Waals surface area contributed by atoms with Crippen LogP contribution in [-0.2, 0) is 0 Å². The number of alkyl halides is 2. The van der Waals surface area contributed by atoms with E-state index in [0.29, 0.717) is 30.1 Å². The summed E-state index contributed by atoms with van der Waals surface area (Å²) in [5.74, 6) is 0.438. The number of nitrogens with two attached hydrogens (primary N) is 1. The highest BCUT2D eigenvalue weighted by molar-refractivity contribution is 7.80. The summed E-state index contributed by atoms with van der Waals surface area (Å²) >= 11 is 4.09. The van der Waals surface area contributed by atoms with Gasteiger partial charge in [-0.25, -0.2) is 8.78 Å². The lowest BCUT2D eigenvalue weighted by molar-refractivity contribution is 0.151. The van der Waals surface area contributed by atoms with Crippen LogP contribution in [0.15, 0.2) is 18.2 Å². The molecule has 1 atom stereocenters. The number of hydrogen-bond acceptors (Lipinski definition) is 3. The topological polar surface area (TPSA) is 29.3 Å². The zero-order valence-corrected chi connectivity index (χ0v) is 11.6. The van der Waals surface area contributed by atoms with Gasteiger partial charge in [0.15, 0.2) is 0 Å². The molecule has 0 aliphatic heterocycles. The zero-order valence-electron chi connectivity index (χ0n) is 10.7. The molecule has 2 N–H and O–H groups in total. The maximum absolute atomic E-state index is 13.1. The van der Waals surface area contributed by atoms with E-state index in [9.17, 15) is 8.78 Å². The Morgan fingerprint density at radius 3 is 2.33 bits per heavy atom. The van der Waals surface area contributed by atoms with Gasteiger partial charge in [-0.1, -0.05) is 6.07 Å². The van der Waals surface area contributed by atoms with Crippen LogP contribution in [0.25, 0.3) is 0 Å². The van der Waals surface area contributed by atoms with Gasteiger partial charge in [0.05, 0.1) is 0 Å². The fraction of sp³-hybridized carbons (Fsp3) is 0.538. The molecule has 0 saturated carbocycles. The Hall–Kier alpha value is -0.810. The number of halogens is 2. The number of thiol groups is 1. The molecule has 5 heteroatoms. The third-order valence-corrected chi connectivity index (χ3v) is 3.41. The normalized spacial score (nSPS) is 12.8. The van der Waals surface area contributed by atoms with Gasteiger partial charge in [0.25, 0.3) is 6.43 Å². The third kappa shape index (κ3) is 3.36. The first-order valence-corrected chi connectivity index (χ1v) is 6.71. The molecule has 0 saturated heterocycles. The Morgan fingerprint density at radius 2 is 1.89 bits per heavy atom. The Kier molecular flexibility index (Phi) is 5.88. The summed E-state index contributed by atoms with van der Waals surface area (Å²) < 4.78 is 26.2. The Balaban J connectivity index is 3.19. The molecule has 1 aromatic rings. The SMILES string of the molecule is CCN(CC)c1ccc(C(N)CS)cc1C(F)F. The molecule has 0 radical (unpaired) electrons. The molecular formula is C13H20F2N2S. The van der Waals surface area contributed by atoms with E-state index in [1.54, 1.807) is 12.1 Å². The van der Waals surface area contributed by atoms with Gasteiger partial charge in [0.1, 0.15) is 0 Å². The largest absolute Gasteiger partial charge is 0.372 e. The first-order valence-electron chi connectivity index (χ1n) is 6.08. The minimum atomic E-state index is -2.49. The summed E-state index contributed by atoms with van der Waals surface area (Å²) in [5.41, 5.74) is 7.16. The van der Waals surface area contributed by atoms with Crippen LogP contribution in [0.5, 0.6) is 0 Å². The van der Waals surface area contributed by atoms with Crippen molar-refractivity contribution in [3.05, 3.63) is 29.3 Å². The van der Waals surface area contributed by atoms with E-state index in [2.05, 4.69) is 12.6 Å². The van der Waals surface area contributed by atoms with Crippen molar-refractivity contribution in [1.29, 1.82) is 0 Å². The minimum absolute atomic E-state index is 0.0495. The number of hydrogen-bond donors (Lipinski definition) is 2. The average molecular weight is 274 g/mol. The van der Waals surface area contributed by atoms with Crippen molar-refractivity contribution in [3.63, 3.8) is 0 Å². The van der Waals surface area contributed by atoms with Gasteiger partial charge in [-0.2, -0.15) is 12.6 Å². The molecule has 0 spiro atoms. The summed E-state index contributed by atoms with van der Waals surface area (Å²) in [6, 6.07) is 4.73. The molecule has 0 heterocycles. The summed E-state index contributed by atoms with van der Waals surface area (Å²) in [6.07, 6.45) is -2.49. The van der Waals surface area contributed by atoms with E-state index in [0.717, 1.165) is 0 Å². The fourth-order valence-electron chi connectivity index (χ4n) is 1.94. The lowest BCUT2D eigenvalue weighted by Gasteiger charge is -2.25. The molecule has 1 rings (SSSR count). The van der Waals surface area contributed by atoms with Crippen molar-refractivity contribution >= 4 is 18.3 Å². The van der Waals surface area contributed by atoms with Crippen molar-refractivity contribution in [2.45, 2.75) is 26.3 Å². The predicted molar refractivity (Wildman–Crippen MR) is 75.7 cm³/mol. The second-order valence-electron chi connectivity index (χ2n) is 4.08. The number of rotatable bonds is 6. The second-order valence-corrected chi connectivity index (χ2v) is 4.45. The molecule has 0 fully saturated rings. The number of anilines is 1. The van der Waals surface area contributed by atoms with Gasteiger partial charge in [0.2, 0.25) is 0 Å². The monoisotopic (exact) mass is 274 g/mol. The van der Waals surface area contributed by atoms with E-state index < -0.39 is 6.43 Å². The Bertz CT molecular complexity index is 381. The molecule has 1 aromatic carbocycles.